The molecule has 0 fully saturated rings. The van der Waals surface area contributed by atoms with Crippen molar-refractivity contribution in [2.75, 3.05) is 0 Å². The van der Waals surface area contributed by atoms with Crippen LogP contribution < -0.4 is 0 Å². The minimum Gasteiger partial charge on any atom is -0.0985 e. The van der Waals surface area contributed by atoms with Crippen LogP contribution in [-0.2, 0) is 0 Å². The lowest BCUT2D eigenvalue weighted by molar-refractivity contribution is 1.46. The number of allylic oxidation sites excluding steroid dienone is 3. The maximum absolute atomic E-state index is 3.71. The van der Waals surface area contributed by atoms with E-state index in [4.69, 9.17) is 0 Å². The summed E-state index contributed by atoms with van der Waals surface area (Å²) in [6.45, 7) is 9.49. The van der Waals surface area contributed by atoms with E-state index in [2.05, 4.69) is 50.4 Å². The molecule has 0 unspecified atom stereocenters. The Morgan fingerprint density at radius 2 is 1.62 bits per heavy atom. The molecule has 0 heterocycles. The molecule has 0 N–H and O–H groups in total. The van der Waals surface area contributed by atoms with E-state index in [-0.39, 0.29) is 0 Å². The van der Waals surface area contributed by atoms with Crippen LogP contribution >= 0.6 is 0 Å². The number of aryl methyl sites for hydroxylation is 1. The SMILES string of the molecule is C=CC(C=C)=Cc1ccc(C)cc1. The number of hydrogen-bond donors (Lipinski definition) is 0. The van der Waals surface area contributed by atoms with E-state index in [0.717, 1.165) is 5.57 Å². The third-order valence-electron chi connectivity index (χ3n) is 1.88. The lowest BCUT2D eigenvalue weighted by Crippen LogP contribution is -1.75. The molecule has 0 aliphatic heterocycles. The standard InChI is InChI=1S/C13H14/c1-4-12(5-2)10-13-8-6-11(3)7-9-13/h4-10H,1-2H2,3H3. The fraction of sp³-hybridized carbons (Fsp3) is 0.0769. The minimum atomic E-state index is 1.05. The molecule has 0 aliphatic carbocycles. The van der Waals surface area contributed by atoms with Crippen molar-refractivity contribution in [3.8, 4) is 0 Å². The Labute approximate surface area is 79.9 Å². The summed E-state index contributed by atoms with van der Waals surface area (Å²) in [7, 11) is 0. The van der Waals surface area contributed by atoms with Gasteiger partial charge < -0.3 is 0 Å². The normalized spacial score (nSPS) is 9.00. The molecule has 0 amide bonds. The summed E-state index contributed by atoms with van der Waals surface area (Å²) in [5.74, 6) is 0. The van der Waals surface area contributed by atoms with E-state index in [9.17, 15) is 0 Å². The monoisotopic (exact) mass is 170 g/mol. The number of benzene rings is 1. The Kier molecular flexibility index (Phi) is 3.27. The van der Waals surface area contributed by atoms with E-state index in [1.165, 1.54) is 11.1 Å². The van der Waals surface area contributed by atoms with Gasteiger partial charge in [-0.15, -0.1) is 0 Å². The van der Waals surface area contributed by atoms with Crippen LogP contribution in [0.1, 0.15) is 11.1 Å². The predicted molar refractivity (Wildman–Crippen MR) is 59.6 cm³/mol. The maximum atomic E-state index is 3.71. The minimum absolute atomic E-state index is 1.05. The molecule has 1 rings (SSSR count). The zero-order valence-corrected chi connectivity index (χ0v) is 7.96. The van der Waals surface area contributed by atoms with Crippen LogP contribution in [0.4, 0.5) is 0 Å². The van der Waals surface area contributed by atoms with Crippen molar-refractivity contribution in [2.24, 2.45) is 0 Å². The second kappa shape index (κ2) is 4.46. The van der Waals surface area contributed by atoms with Gasteiger partial charge in [-0.2, -0.15) is 0 Å². The third kappa shape index (κ3) is 2.75. The van der Waals surface area contributed by atoms with E-state index in [1.54, 1.807) is 12.2 Å². The van der Waals surface area contributed by atoms with Crippen molar-refractivity contribution in [3.63, 3.8) is 0 Å². The summed E-state index contributed by atoms with van der Waals surface area (Å²) in [4.78, 5) is 0. The van der Waals surface area contributed by atoms with Gasteiger partial charge >= 0.3 is 0 Å². The Morgan fingerprint density at radius 3 is 2.08 bits per heavy atom. The first-order valence-electron chi connectivity index (χ1n) is 4.29. The molecule has 0 saturated carbocycles. The van der Waals surface area contributed by atoms with Crippen molar-refractivity contribution in [1.82, 2.24) is 0 Å². The highest BCUT2D eigenvalue weighted by Crippen LogP contribution is 2.09. The molecule has 0 saturated heterocycles. The van der Waals surface area contributed by atoms with Gasteiger partial charge in [0.05, 0.1) is 0 Å². The molecule has 0 spiro atoms. The highest BCUT2D eigenvalue weighted by atomic mass is 13.9. The van der Waals surface area contributed by atoms with Crippen molar-refractivity contribution < 1.29 is 0 Å². The summed E-state index contributed by atoms with van der Waals surface area (Å²) in [5.41, 5.74) is 3.50. The molecule has 0 bridgehead atoms. The first kappa shape index (κ1) is 9.53. The Bertz CT molecular complexity index is 316. The first-order chi connectivity index (χ1) is 6.26. The fourth-order valence-corrected chi connectivity index (χ4v) is 1.06. The average molecular weight is 170 g/mol. The topological polar surface area (TPSA) is 0 Å². The zero-order valence-electron chi connectivity index (χ0n) is 7.96. The fourth-order valence-electron chi connectivity index (χ4n) is 1.06. The van der Waals surface area contributed by atoms with Crippen LogP contribution in [0.15, 0.2) is 55.1 Å². The van der Waals surface area contributed by atoms with E-state index in [0.29, 0.717) is 0 Å². The lowest BCUT2D eigenvalue weighted by atomic mass is 10.1. The molecular formula is C13H14. The summed E-state index contributed by atoms with van der Waals surface area (Å²) in [5, 5.41) is 0. The predicted octanol–water partition coefficient (Wildman–Crippen LogP) is 3.75. The Morgan fingerprint density at radius 1 is 1.08 bits per heavy atom. The summed E-state index contributed by atoms with van der Waals surface area (Å²) < 4.78 is 0. The Balaban J connectivity index is 2.96. The molecular weight excluding hydrogens is 156 g/mol. The molecule has 0 aromatic heterocycles. The molecule has 0 aliphatic rings. The van der Waals surface area contributed by atoms with E-state index >= 15 is 0 Å². The molecule has 0 radical (unpaired) electrons. The van der Waals surface area contributed by atoms with Crippen molar-refractivity contribution in [2.45, 2.75) is 6.92 Å². The van der Waals surface area contributed by atoms with Crippen LogP contribution in [0.2, 0.25) is 0 Å². The second-order valence-corrected chi connectivity index (χ2v) is 2.96. The van der Waals surface area contributed by atoms with Gasteiger partial charge in [-0.1, -0.05) is 55.1 Å². The highest BCUT2D eigenvalue weighted by Gasteiger charge is 1.88. The van der Waals surface area contributed by atoms with Crippen LogP contribution in [0, 0.1) is 6.92 Å². The van der Waals surface area contributed by atoms with Crippen molar-refractivity contribution >= 4 is 6.08 Å². The van der Waals surface area contributed by atoms with E-state index in [1.807, 2.05) is 0 Å². The zero-order chi connectivity index (χ0) is 9.68. The third-order valence-corrected chi connectivity index (χ3v) is 1.88. The van der Waals surface area contributed by atoms with Gasteiger partial charge in [-0.3, -0.25) is 0 Å². The second-order valence-electron chi connectivity index (χ2n) is 2.96. The molecule has 0 heteroatoms. The van der Waals surface area contributed by atoms with Gasteiger partial charge in [-0.25, -0.2) is 0 Å². The van der Waals surface area contributed by atoms with Gasteiger partial charge in [-0.05, 0) is 24.1 Å². The van der Waals surface area contributed by atoms with Gasteiger partial charge in [0, 0.05) is 0 Å². The van der Waals surface area contributed by atoms with E-state index < -0.39 is 0 Å². The average Bonchev–Trinajstić information content (AvgIpc) is 2.17. The molecule has 0 nitrogen and oxygen atoms in total. The van der Waals surface area contributed by atoms with Gasteiger partial charge in [0.25, 0.3) is 0 Å². The molecule has 1 aromatic carbocycles. The Hall–Kier alpha value is -1.56. The molecule has 0 atom stereocenters. The van der Waals surface area contributed by atoms with Crippen LogP contribution in [0.25, 0.3) is 6.08 Å². The quantitative estimate of drug-likeness (QED) is 0.606. The van der Waals surface area contributed by atoms with Crippen LogP contribution in [0.3, 0.4) is 0 Å². The molecule has 66 valence electrons. The van der Waals surface area contributed by atoms with Crippen LogP contribution in [-0.4, -0.2) is 0 Å². The van der Waals surface area contributed by atoms with Crippen molar-refractivity contribution in [3.05, 3.63) is 66.3 Å². The number of rotatable bonds is 3. The van der Waals surface area contributed by atoms with Gasteiger partial charge in [0.2, 0.25) is 0 Å². The van der Waals surface area contributed by atoms with Crippen molar-refractivity contribution in [1.29, 1.82) is 0 Å². The maximum Gasteiger partial charge on any atom is -0.0251 e. The summed E-state index contributed by atoms with van der Waals surface area (Å²) in [6, 6.07) is 8.36. The number of hydrogen-bond acceptors (Lipinski definition) is 0. The largest absolute Gasteiger partial charge is 0.0985 e. The lowest BCUT2D eigenvalue weighted by Gasteiger charge is -1.96. The summed E-state index contributed by atoms with van der Waals surface area (Å²) >= 11 is 0. The smallest absolute Gasteiger partial charge is 0.0251 e. The van der Waals surface area contributed by atoms with Gasteiger partial charge in [0.15, 0.2) is 0 Å². The first-order valence-corrected chi connectivity index (χ1v) is 4.29. The van der Waals surface area contributed by atoms with Crippen LogP contribution in [0.5, 0.6) is 0 Å². The van der Waals surface area contributed by atoms with Gasteiger partial charge in [0.1, 0.15) is 0 Å². The molecule has 13 heavy (non-hydrogen) atoms. The highest BCUT2D eigenvalue weighted by molar-refractivity contribution is 5.58. The summed E-state index contributed by atoms with van der Waals surface area (Å²) in [6.07, 6.45) is 5.65. The molecule has 1 aromatic rings.